The molecule has 3 nitrogen and oxygen atoms in total. The molecule has 2 atom stereocenters. The molecule has 26 heavy (non-hydrogen) atoms. The smallest absolute Gasteiger partial charge is 0.226 e. The van der Waals surface area contributed by atoms with Gasteiger partial charge in [-0.1, -0.05) is 57.9 Å². The van der Waals surface area contributed by atoms with Gasteiger partial charge in [-0.25, -0.2) is 0 Å². The van der Waals surface area contributed by atoms with Crippen molar-refractivity contribution in [3.05, 3.63) is 69.2 Å². The quantitative estimate of drug-likeness (QED) is 0.706. The molecule has 1 saturated carbocycles. The maximum absolute atomic E-state index is 12.8. The van der Waals surface area contributed by atoms with Gasteiger partial charge in [-0.2, -0.15) is 0 Å². The molecule has 1 amide bonds. The van der Waals surface area contributed by atoms with Crippen LogP contribution in [0.5, 0.6) is 0 Å². The first-order valence-electron chi connectivity index (χ1n) is 9.12. The second kappa shape index (κ2) is 7.71. The van der Waals surface area contributed by atoms with Gasteiger partial charge in [0.05, 0.1) is 0 Å². The normalized spacial score (nSPS) is 23.1. The summed E-state index contributed by atoms with van der Waals surface area (Å²) >= 11 is 9.58. The zero-order valence-electron chi connectivity index (χ0n) is 14.6. The number of benzene rings is 2. The Morgan fingerprint density at radius 3 is 2.42 bits per heavy atom. The van der Waals surface area contributed by atoms with Gasteiger partial charge in [-0.15, -0.1) is 0 Å². The lowest BCUT2D eigenvalue weighted by molar-refractivity contribution is -0.134. The predicted molar refractivity (Wildman–Crippen MR) is 108 cm³/mol. The zero-order chi connectivity index (χ0) is 18.1. The molecule has 0 bridgehead atoms. The SMILES string of the molecule is O=C(C1CC1c1ccc(Cl)cc1)N1CCN(Cc2ccccc2Br)CC1. The minimum Gasteiger partial charge on any atom is -0.340 e. The minimum atomic E-state index is 0.158. The Morgan fingerprint density at radius 1 is 1.04 bits per heavy atom. The Hall–Kier alpha value is -1.36. The Kier molecular flexibility index (Phi) is 5.35. The van der Waals surface area contributed by atoms with Crippen LogP contribution in [-0.2, 0) is 11.3 Å². The third kappa shape index (κ3) is 3.98. The number of rotatable bonds is 4. The summed E-state index contributed by atoms with van der Waals surface area (Å²) in [7, 11) is 0. The van der Waals surface area contributed by atoms with Crippen LogP contribution < -0.4 is 0 Å². The van der Waals surface area contributed by atoms with Gasteiger partial charge in [-0.05, 0) is 41.7 Å². The van der Waals surface area contributed by atoms with E-state index in [1.807, 2.05) is 18.2 Å². The number of amides is 1. The van der Waals surface area contributed by atoms with Crippen LogP contribution in [0.4, 0.5) is 0 Å². The van der Waals surface area contributed by atoms with Crippen LogP contribution in [0.1, 0.15) is 23.5 Å². The highest BCUT2D eigenvalue weighted by atomic mass is 79.9. The molecule has 2 aromatic rings. The molecule has 5 heteroatoms. The molecule has 4 rings (SSSR count). The van der Waals surface area contributed by atoms with Gasteiger partial charge < -0.3 is 4.90 Å². The molecule has 0 spiro atoms. The van der Waals surface area contributed by atoms with Crippen LogP contribution in [0, 0.1) is 5.92 Å². The Labute approximate surface area is 168 Å². The molecule has 1 saturated heterocycles. The highest BCUT2D eigenvalue weighted by molar-refractivity contribution is 9.10. The number of nitrogens with zero attached hydrogens (tertiary/aromatic N) is 2. The van der Waals surface area contributed by atoms with Crippen molar-refractivity contribution in [1.29, 1.82) is 0 Å². The van der Waals surface area contributed by atoms with Gasteiger partial charge in [0.25, 0.3) is 0 Å². The average Bonchev–Trinajstić information content (AvgIpc) is 3.45. The van der Waals surface area contributed by atoms with Crippen LogP contribution in [0.25, 0.3) is 0 Å². The summed E-state index contributed by atoms with van der Waals surface area (Å²) in [6.45, 7) is 4.46. The molecule has 1 heterocycles. The van der Waals surface area contributed by atoms with Crippen molar-refractivity contribution >= 4 is 33.4 Å². The molecule has 2 aromatic carbocycles. The summed E-state index contributed by atoms with van der Waals surface area (Å²) in [4.78, 5) is 17.3. The summed E-state index contributed by atoms with van der Waals surface area (Å²) in [5, 5.41) is 0.749. The lowest BCUT2D eigenvalue weighted by Crippen LogP contribution is -2.48. The van der Waals surface area contributed by atoms with E-state index in [9.17, 15) is 4.79 Å². The highest BCUT2D eigenvalue weighted by Crippen LogP contribution is 2.48. The van der Waals surface area contributed by atoms with E-state index in [-0.39, 0.29) is 5.92 Å². The van der Waals surface area contributed by atoms with E-state index in [1.54, 1.807) is 0 Å². The first-order chi connectivity index (χ1) is 12.6. The molecule has 2 fully saturated rings. The van der Waals surface area contributed by atoms with Crippen molar-refractivity contribution in [2.45, 2.75) is 18.9 Å². The largest absolute Gasteiger partial charge is 0.340 e. The monoisotopic (exact) mass is 432 g/mol. The van der Waals surface area contributed by atoms with Gasteiger partial charge >= 0.3 is 0 Å². The maximum Gasteiger partial charge on any atom is 0.226 e. The fourth-order valence-corrected chi connectivity index (χ4v) is 4.31. The van der Waals surface area contributed by atoms with Crippen molar-refractivity contribution in [3.63, 3.8) is 0 Å². The molecule has 2 unspecified atom stereocenters. The van der Waals surface area contributed by atoms with Crippen molar-refractivity contribution in [2.24, 2.45) is 5.92 Å². The Morgan fingerprint density at radius 2 is 1.73 bits per heavy atom. The molecular weight excluding hydrogens is 412 g/mol. The number of hydrogen-bond donors (Lipinski definition) is 0. The van der Waals surface area contributed by atoms with Crippen LogP contribution >= 0.6 is 27.5 Å². The summed E-state index contributed by atoms with van der Waals surface area (Å²) in [6.07, 6.45) is 0.970. The minimum absolute atomic E-state index is 0.158. The van der Waals surface area contributed by atoms with Crippen LogP contribution in [-0.4, -0.2) is 41.9 Å². The van der Waals surface area contributed by atoms with E-state index < -0.39 is 0 Å². The molecule has 0 aromatic heterocycles. The molecular formula is C21H22BrClN2O. The third-order valence-electron chi connectivity index (χ3n) is 5.44. The van der Waals surface area contributed by atoms with E-state index >= 15 is 0 Å². The lowest BCUT2D eigenvalue weighted by atomic mass is 10.1. The van der Waals surface area contributed by atoms with Crippen molar-refractivity contribution in [2.75, 3.05) is 26.2 Å². The number of piperazine rings is 1. The molecule has 0 N–H and O–H groups in total. The first kappa shape index (κ1) is 18.0. The standard InChI is InChI=1S/C21H22BrClN2O/c22-20-4-2-1-3-16(20)14-24-9-11-25(12-10-24)21(26)19-13-18(19)15-5-7-17(23)8-6-15/h1-8,18-19H,9-14H2. The summed E-state index contributed by atoms with van der Waals surface area (Å²) in [6, 6.07) is 16.3. The first-order valence-corrected chi connectivity index (χ1v) is 10.3. The molecule has 136 valence electrons. The van der Waals surface area contributed by atoms with Gasteiger partial charge in [0.15, 0.2) is 0 Å². The van der Waals surface area contributed by atoms with Crippen LogP contribution in [0.15, 0.2) is 53.0 Å². The number of carbonyl (C=O) groups is 1. The molecule has 1 aliphatic carbocycles. The number of carbonyl (C=O) groups excluding carboxylic acids is 1. The summed E-state index contributed by atoms with van der Waals surface area (Å²) in [5.74, 6) is 0.856. The third-order valence-corrected chi connectivity index (χ3v) is 6.47. The Bertz CT molecular complexity index is 787. The fourth-order valence-electron chi connectivity index (χ4n) is 3.77. The van der Waals surface area contributed by atoms with Crippen LogP contribution in [0.3, 0.4) is 0 Å². The summed E-state index contributed by atoms with van der Waals surface area (Å²) in [5.41, 5.74) is 2.54. The zero-order valence-corrected chi connectivity index (χ0v) is 16.9. The van der Waals surface area contributed by atoms with Crippen LogP contribution in [0.2, 0.25) is 5.02 Å². The van der Waals surface area contributed by atoms with E-state index in [4.69, 9.17) is 11.6 Å². The van der Waals surface area contributed by atoms with E-state index in [0.717, 1.165) is 48.6 Å². The van der Waals surface area contributed by atoms with Gasteiger partial charge in [0.2, 0.25) is 5.91 Å². The average molecular weight is 434 g/mol. The van der Waals surface area contributed by atoms with E-state index in [2.05, 4.69) is 56.1 Å². The topological polar surface area (TPSA) is 23.6 Å². The highest BCUT2D eigenvalue weighted by Gasteiger charge is 2.46. The number of hydrogen-bond acceptors (Lipinski definition) is 2. The lowest BCUT2D eigenvalue weighted by Gasteiger charge is -2.35. The van der Waals surface area contributed by atoms with E-state index in [1.165, 1.54) is 11.1 Å². The second-order valence-corrected chi connectivity index (χ2v) is 8.48. The molecule has 2 aliphatic rings. The molecule has 0 radical (unpaired) electrons. The van der Waals surface area contributed by atoms with E-state index in [0.29, 0.717) is 11.8 Å². The fraction of sp³-hybridized carbons (Fsp3) is 0.381. The van der Waals surface area contributed by atoms with Crippen molar-refractivity contribution in [1.82, 2.24) is 9.80 Å². The number of halogens is 2. The molecule has 1 aliphatic heterocycles. The maximum atomic E-state index is 12.8. The Balaban J connectivity index is 1.29. The van der Waals surface area contributed by atoms with Crippen molar-refractivity contribution < 1.29 is 4.79 Å². The van der Waals surface area contributed by atoms with Gasteiger partial charge in [0, 0.05) is 48.1 Å². The second-order valence-electron chi connectivity index (χ2n) is 7.19. The summed E-state index contributed by atoms with van der Waals surface area (Å²) < 4.78 is 1.15. The predicted octanol–water partition coefficient (Wildman–Crippen LogP) is 4.55. The van der Waals surface area contributed by atoms with Gasteiger partial charge in [0.1, 0.15) is 0 Å². The van der Waals surface area contributed by atoms with Gasteiger partial charge in [-0.3, -0.25) is 9.69 Å². The van der Waals surface area contributed by atoms with Crippen molar-refractivity contribution in [3.8, 4) is 0 Å².